The molecule has 0 spiro atoms. The Morgan fingerprint density at radius 2 is 1.96 bits per heavy atom. The van der Waals surface area contributed by atoms with Crippen LogP contribution in [0, 0.1) is 0 Å². The predicted octanol–water partition coefficient (Wildman–Crippen LogP) is 3.91. The molecule has 0 saturated heterocycles. The molecule has 3 rings (SSSR count). The number of hydrogen-bond donors (Lipinski definition) is 1. The minimum absolute atomic E-state index is 0.0714. The number of carbonyl (C=O) groups excluding carboxylic acids is 1. The number of aryl methyl sites for hydroxylation is 1. The fourth-order valence-corrected chi connectivity index (χ4v) is 3.64. The Bertz CT molecular complexity index is 868. The summed E-state index contributed by atoms with van der Waals surface area (Å²) in [5.74, 6) is 0.0714. The highest BCUT2D eigenvalue weighted by molar-refractivity contribution is 5.84. The van der Waals surface area contributed by atoms with Gasteiger partial charge in [0.15, 0.2) is 0 Å². The van der Waals surface area contributed by atoms with E-state index in [1.807, 2.05) is 42.7 Å². The number of rotatable bonds is 8. The van der Waals surface area contributed by atoms with E-state index >= 15 is 0 Å². The normalized spacial score (nSPS) is 11.0. The van der Waals surface area contributed by atoms with Gasteiger partial charge in [-0.3, -0.25) is 9.78 Å². The van der Waals surface area contributed by atoms with Gasteiger partial charge in [0, 0.05) is 36.6 Å². The highest BCUT2D eigenvalue weighted by atomic mass is 16.1. The lowest BCUT2D eigenvalue weighted by molar-refractivity contribution is -0.120. The Labute approximate surface area is 155 Å². The maximum atomic E-state index is 12.2. The van der Waals surface area contributed by atoms with Crippen LogP contribution < -0.4 is 5.32 Å². The van der Waals surface area contributed by atoms with Crippen LogP contribution >= 0.6 is 0 Å². The molecule has 0 radical (unpaired) electrons. The number of pyridine rings is 1. The number of benzene rings is 1. The minimum Gasteiger partial charge on any atom is -0.354 e. The molecule has 4 heteroatoms. The van der Waals surface area contributed by atoms with Crippen LogP contribution in [0.15, 0.2) is 48.8 Å². The lowest BCUT2D eigenvalue weighted by Crippen LogP contribution is -2.29. The van der Waals surface area contributed by atoms with Crippen molar-refractivity contribution in [3.8, 4) is 0 Å². The second-order valence-electron chi connectivity index (χ2n) is 6.59. The second kappa shape index (κ2) is 8.65. The van der Waals surface area contributed by atoms with Crippen LogP contribution in [-0.4, -0.2) is 22.0 Å². The van der Waals surface area contributed by atoms with Gasteiger partial charge in [-0.1, -0.05) is 50.6 Å². The molecule has 3 aromatic rings. The second-order valence-corrected chi connectivity index (χ2v) is 6.59. The van der Waals surface area contributed by atoms with E-state index in [2.05, 4.69) is 34.8 Å². The maximum absolute atomic E-state index is 12.2. The number of nitrogens with one attached hydrogen (secondary N) is 1. The number of amides is 1. The number of hydrogen-bond acceptors (Lipinski definition) is 2. The minimum atomic E-state index is 0.0714. The van der Waals surface area contributed by atoms with Crippen LogP contribution in [0.2, 0.25) is 0 Å². The van der Waals surface area contributed by atoms with Crippen molar-refractivity contribution in [1.82, 2.24) is 14.9 Å². The Morgan fingerprint density at radius 1 is 1.15 bits per heavy atom. The summed E-state index contributed by atoms with van der Waals surface area (Å²) in [6, 6.07) is 11.9. The number of nitrogens with zero attached hydrogens (tertiary/aromatic N) is 2. The molecule has 0 aliphatic rings. The van der Waals surface area contributed by atoms with Gasteiger partial charge < -0.3 is 9.88 Å². The van der Waals surface area contributed by atoms with E-state index in [4.69, 9.17) is 0 Å². The van der Waals surface area contributed by atoms with Crippen LogP contribution in [0.4, 0.5) is 0 Å². The third-order valence-corrected chi connectivity index (χ3v) is 4.79. The number of fused-ring (bicyclic) bond motifs is 1. The first-order valence-corrected chi connectivity index (χ1v) is 9.49. The molecule has 0 bridgehead atoms. The summed E-state index contributed by atoms with van der Waals surface area (Å²) in [5.41, 5.74) is 5.04. The molecule has 1 aromatic carbocycles. The summed E-state index contributed by atoms with van der Waals surface area (Å²) in [4.78, 5) is 16.5. The lowest BCUT2D eigenvalue weighted by Gasteiger charge is -2.12. The summed E-state index contributed by atoms with van der Waals surface area (Å²) in [5, 5.41) is 4.31. The standard InChI is InChI=1S/C22H27N3O/c1-3-8-20-18(4-2)19-16-23-12-11-21(19)25(20)14-13-24-22(26)15-17-9-6-5-7-10-17/h5-7,9-12,16H,3-4,8,13-15H2,1-2H3,(H,24,26). The zero-order valence-electron chi connectivity index (χ0n) is 15.7. The van der Waals surface area contributed by atoms with E-state index in [0.29, 0.717) is 13.0 Å². The molecule has 1 N–H and O–H groups in total. The molecular weight excluding hydrogens is 322 g/mol. The Balaban J connectivity index is 1.72. The summed E-state index contributed by atoms with van der Waals surface area (Å²) in [6.45, 7) is 5.84. The van der Waals surface area contributed by atoms with Gasteiger partial charge in [0.1, 0.15) is 0 Å². The molecule has 1 amide bonds. The number of aromatic nitrogens is 2. The summed E-state index contributed by atoms with van der Waals surface area (Å²) < 4.78 is 2.36. The highest BCUT2D eigenvalue weighted by Crippen LogP contribution is 2.27. The van der Waals surface area contributed by atoms with Gasteiger partial charge in [0.05, 0.1) is 11.9 Å². The fraction of sp³-hybridized carbons (Fsp3) is 0.364. The van der Waals surface area contributed by atoms with Crippen molar-refractivity contribution in [2.45, 2.75) is 46.1 Å². The molecule has 0 atom stereocenters. The van der Waals surface area contributed by atoms with E-state index in [9.17, 15) is 4.79 Å². The van der Waals surface area contributed by atoms with Crippen LogP contribution in [0.3, 0.4) is 0 Å². The molecule has 0 unspecified atom stereocenters. The van der Waals surface area contributed by atoms with Gasteiger partial charge >= 0.3 is 0 Å². The van der Waals surface area contributed by atoms with E-state index in [1.54, 1.807) is 0 Å². The third-order valence-electron chi connectivity index (χ3n) is 4.79. The van der Waals surface area contributed by atoms with E-state index < -0.39 is 0 Å². The molecule has 26 heavy (non-hydrogen) atoms. The van der Waals surface area contributed by atoms with E-state index in [-0.39, 0.29) is 5.91 Å². The molecule has 0 saturated carbocycles. The van der Waals surface area contributed by atoms with Gasteiger partial charge in [0.2, 0.25) is 5.91 Å². The molecule has 2 heterocycles. The van der Waals surface area contributed by atoms with Crippen molar-refractivity contribution in [1.29, 1.82) is 0 Å². The largest absolute Gasteiger partial charge is 0.354 e. The SMILES string of the molecule is CCCc1c(CC)c2cnccc2n1CCNC(=O)Cc1ccccc1. The van der Waals surface area contributed by atoms with Gasteiger partial charge in [-0.05, 0) is 30.0 Å². The maximum Gasteiger partial charge on any atom is 0.224 e. The molecule has 0 fully saturated rings. The monoisotopic (exact) mass is 349 g/mol. The first-order chi connectivity index (χ1) is 12.7. The predicted molar refractivity (Wildman–Crippen MR) is 106 cm³/mol. The van der Waals surface area contributed by atoms with Crippen LogP contribution in [0.1, 0.15) is 37.1 Å². The summed E-state index contributed by atoms with van der Waals surface area (Å²) >= 11 is 0. The topological polar surface area (TPSA) is 46.9 Å². The average molecular weight is 349 g/mol. The third kappa shape index (κ3) is 3.96. The Kier molecular flexibility index (Phi) is 6.05. The molecule has 0 aliphatic carbocycles. The van der Waals surface area contributed by atoms with E-state index in [1.165, 1.54) is 22.2 Å². The zero-order valence-corrected chi connectivity index (χ0v) is 15.7. The first-order valence-electron chi connectivity index (χ1n) is 9.49. The molecule has 4 nitrogen and oxygen atoms in total. The lowest BCUT2D eigenvalue weighted by atomic mass is 10.1. The van der Waals surface area contributed by atoms with Gasteiger partial charge in [0.25, 0.3) is 0 Å². The number of carbonyl (C=O) groups is 1. The van der Waals surface area contributed by atoms with Gasteiger partial charge in [-0.2, -0.15) is 0 Å². The van der Waals surface area contributed by atoms with Crippen molar-refractivity contribution in [2.24, 2.45) is 0 Å². The fourth-order valence-electron chi connectivity index (χ4n) is 3.64. The van der Waals surface area contributed by atoms with Gasteiger partial charge in [-0.15, -0.1) is 0 Å². The van der Waals surface area contributed by atoms with Crippen LogP contribution in [0.5, 0.6) is 0 Å². The first kappa shape index (κ1) is 18.2. The molecule has 0 aliphatic heterocycles. The highest BCUT2D eigenvalue weighted by Gasteiger charge is 2.15. The van der Waals surface area contributed by atoms with Crippen molar-refractivity contribution < 1.29 is 4.79 Å². The van der Waals surface area contributed by atoms with Crippen molar-refractivity contribution in [3.63, 3.8) is 0 Å². The Hall–Kier alpha value is -2.62. The van der Waals surface area contributed by atoms with Crippen LogP contribution in [0.25, 0.3) is 10.9 Å². The summed E-state index contributed by atoms with van der Waals surface area (Å²) in [7, 11) is 0. The van der Waals surface area contributed by atoms with Crippen molar-refractivity contribution >= 4 is 16.8 Å². The average Bonchev–Trinajstić information content (AvgIpc) is 2.96. The molecule has 136 valence electrons. The zero-order chi connectivity index (χ0) is 18.4. The van der Waals surface area contributed by atoms with Crippen LogP contribution in [-0.2, 0) is 30.6 Å². The van der Waals surface area contributed by atoms with E-state index in [0.717, 1.165) is 31.4 Å². The molecule has 2 aromatic heterocycles. The van der Waals surface area contributed by atoms with Gasteiger partial charge in [-0.25, -0.2) is 0 Å². The quantitative estimate of drug-likeness (QED) is 0.670. The Morgan fingerprint density at radius 3 is 2.69 bits per heavy atom. The molecular formula is C22H27N3O. The smallest absolute Gasteiger partial charge is 0.224 e. The van der Waals surface area contributed by atoms with Crippen molar-refractivity contribution in [3.05, 3.63) is 65.6 Å². The van der Waals surface area contributed by atoms with Crippen molar-refractivity contribution in [2.75, 3.05) is 6.54 Å². The summed E-state index contributed by atoms with van der Waals surface area (Å²) in [6.07, 6.45) is 7.41.